The number of benzene rings is 2. The second kappa shape index (κ2) is 6.37. The van der Waals surface area contributed by atoms with Gasteiger partial charge in [-0.05, 0) is 6.07 Å². The average Bonchev–Trinajstić information content (AvgIpc) is 2.56. The predicted octanol–water partition coefficient (Wildman–Crippen LogP) is 3.64. The molecule has 0 aliphatic rings. The van der Waals surface area contributed by atoms with Crippen LogP contribution in [-0.2, 0) is 0 Å². The third kappa shape index (κ3) is 3.24. The highest BCUT2D eigenvalue weighted by Gasteiger charge is 2.11. The van der Waals surface area contributed by atoms with Gasteiger partial charge in [0.1, 0.15) is 5.02 Å². The highest BCUT2D eigenvalue weighted by molar-refractivity contribution is 6.32. The highest BCUT2D eigenvalue weighted by Crippen LogP contribution is 2.24. The summed E-state index contributed by atoms with van der Waals surface area (Å²) in [5.41, 5.74) is 3.17. The van der Waals surface area contributed by atoms with Crippen LogP contribution in [0.1, 0.15) is 5.56 Å². The Morgan fingerprint density at radius 1 is 1.26 bits per heavy atom. The number of halogens is 1. The maximum Gasteiger partial charge on any atom is 0.288 e. The van der Waals surface area contributed by atoms with Gasteiger partial charge in [-0.15, -0.1) is 5.10 Å². The molecule has 1 aromatic heterocycles. The zero-order valence-electron chi connectivity index (χ0n) is 11.7. The van der Waals surface area contributed by atoms with Crippen LogP contribution < -0.4 is 5.43 Å². The van der Waals surface area contributed by atoms with Gasteiger partial charge in [0, 0.05) is 22.4 Å². The lowest BCUT2D eigenvalue weighted by atomic mass is 10.2. The molecule has 0 saturated heterocycles. The zero-order chi connectivity index (χ0) is 16.2. The fourth-order valence-electron chi connectivity index (χ4n) is 2.03. The van der Waals surface area contributed by atoms with Gasteiger partial charge in [0.2, 0.25) is 0 Å². The van der Waals surface area contributed by atoms with E-state index in [1.54, 1.807) is 12.3 Å². The minimum absolute atomic E-state index is 0.0834. The monoisotopic (exact) mass is 327 g/mol. The van der Waals surface area contributed by atoms with E-state index in [2.05, 4.69) is 20.7 Å². The lowest BCUT2D eigenvalue weighted by Gasteiger charge is -2.03. The van der Waals surface area contributed by atoms with E-state index in [1.165, 1.54) is 18.3 Å². The fraction of sp³-hybridized carbons (Fsp3) is 0. The smallest absolute Gasteiger partial charge is 0.259 e. The summed E-state index contributed by atoms with van der Waals surface area (Å²) < 4.78 is 0. The third-order valence-corrected chi connectivity index (χ3v) is 3.44. The Kier molecular flexibility index (Phi) is 4.11. The van der Waals surface area contributed by atoms with Gasteiger partial charge in [0.15, 0.2) is 5.82 Å². The summed E-state index contributed by atoms with van der Waals surface area (Å²) in [4.78, 5) is 10.3. The molecule has 0 aliphatic carbocycles. The number of nitrogens with one attached hydrogen (secondary N) is 1. The summed E-state index contributed by atoms with van der Waals surface area (Å²) in [5, 5.41) is 24.7. The summed E-state index contributed by atoms with van der Waals surface area (Å²) in [6.07, 6.45) is 3.11. The summed E-state index contributed by atoms with van der Waals surface area (Å²) >= 11 is 5.77. The number of rotatable bonds is 4. The number of nitro benzene ring substituents is 1. The molecule has 7 nitrogen and oxygen atoms in total. The molecule has 0 bridgehead atoms. The molecule has 23 heavy (non-hydrogen) atoms. The molecular weight excluding hydrogens is 318 g/mol. The first-order chi connectivity index (χ1) is 11.1. The van der Waals surface area contributed by atoms with Crippen LogP contribution in [0.25, 0.3) is 10.8 Å². The molecule has 2 aromatic carbocycles. The molecule has 1 N–H and O–H groups in total. The standard InChI is InChI=1S/C15H10ClN5O2/c16-13-6-5-10(7-14(13)21(22)23)8-17-19-15-12-4-2-1-3-11(12)9-18-20-15/h1-9H,(H,19,20). The van der Waals surface area contributed by atoms with Crippen molar-refractivity contribution < 1.29 is 4.92 Å². The van der Waals surface area contributed by atoms with Crippen molar-refractivity contribution in [2.24, 2.45) is 5.10 Å². The first-order valence-corrected chi connectivity index (χ1v) is 6.96. The van der Waals surface area contributed by atoms with Crippen molar-refractivity contribution in [3.8, 4) is 0 Å². The molecule has 8 heteroatoms. The van der Waals surface area contributed by atoms with Gasteiger partial charge in [-0.3, -0.25) is 15.5 Å². The van der Waals surface area contributed by atoms with Gasteiger partial charge >= 0.3 is 0 Å². The van der Waals surface area contributed by atoms with Crippen LogP contribution in [0.2, 0.25) is 5.02 Å². The van der Waals surface area contributed by atoms with Crippen molar-refractivity contribution in [3.05, 3.63) is 69.4 Å². The summed E-state index contributed by atoms with van der Waals surface area (Å²) in [6, 6.07) is 12.1. The number of hydrogen-bond acceptors (Lipinski definition) is 6. The van der Waals surface area contributed by atoms with Crippen molar-refractivity contribution in [2.45, 2.75) is 0 Å². The zero-order valence-corrected chi connectivity index (χ0v) is 12.4. The number of fused-ring (bicyclic) bond motifs is 1. The van der Waals surface area contributed by atoms with Gasteiger partial charge in [-0.2, -0.15) is 10.2 Å². The number of hydrazone groups is 1. The van der Waals surface area contributed by atoms with Crippen LogP contribution in [0.3, 0.4) is 0 Å². The quantitative estimate of drug-likeness (QED) is 0.448. The second-order valence-electron chi connectivity index (χ2n) is 4.62. The molecule has 0 saturated carbocycles. The number of hydrogen-bond donors (Lipinski definition) is 1. The van der Waals surface area contributed by atoms with E-state index in [4.69, 9.17) is 11.6 Å². The molecule has 0 amide bonds. The van der Waals surface area contributed by atoms with Crippen LogP contribution in [0.15, 0.2) is 53.8 Å². The van der Waals surface area contributed by atoms with Crippen molar-refractivity contribution in [2.75, 3.05) is 5.43 Å². The van der Waals surface area contributed by atoms with Crippen molar-refractivity contribution in [3.63, 3.8) is 0 Å². The maximum atomic E-state index is 10.9. The van der Waals surface area contributed by atoms with E-state index in [9.17, 15) is 10.1 Å². The molecule has 0 atom stereocenters. The van der Waals surface area contributed by atoms with Gasteiger partial charge < -0.3 is 0 Å². The third-order valence-electron chi connectivity index (χ3n) is 3.12. The van der Waals surface area contributed by atoms with E-state index < -0.39 is 4.92 Å². The molecule has 0 fully saturated rings. The number of nitro groups is 1. The number of anilines is 1. The molecule has 3 aromatic rings. The minimum Gasteiger partial charge on any atom is -0.259 e. The second-order valence-corrected chi connectivity index (χ2v) is 5.03. The number of nitrogens with zero attached hydrogens (tertiary/aromatic N) is 4. The topological polar surface area (TPSA) is 93.3 Å². The van der Waals surface area contributed by atoms with Gasteiger partial charge in [0.05, 0.1) is 17.3 Å². The van der Waals surface area contributed by atoms with E-state index in [0.29, 0.717) is 11.4 Å². The predicted molar refractivity (Wildman–Crippen MR) is 88.9 cm³/mol. The Morgan fingerprint density at radius 3 is 2.91 bits per heavy atom. The van der Waals surface area contributed by atoms with Gasteiger partial charge in [0.25, 0.3) is 5.69 Å². The first kappa shape index (κ1) is 14.9. The first-order valence-electron chi connectivity index (χ1n) is 6.58. The Hall–Kier alpha value is -3.06. The van der Waals surface area contributed by atoms with Crippen molar-refractivity contribution >= 4 is 40.1 Å². The summed E-state index contributed by atoms with van der Waals surface area (Å²) in [5.74, 6) is 0.503. The van der Waals surface area contributed by atoms with E-state index >= 15 is 0 Å². The van der Waals surface area contributed by atoms with Gasteiger partial charge in [-0.1, -0.05) is 41.9 Å². The van der Waals surface area contributed by atoms with Crippen LogP contribution >= 0.6 is 11.6 Å². The average molecular weight is 328 g/mol. The minimum atomic E-state index is -0.538. The lowest BCUT2D eigenvalue weighted by Crippen LogP contribution is -1.97. The van der Waals surface area contributed by atoms with Crippen molar-refractivity contribution in [1.29, 1.82) is 0 Å². The van der Waals surface area contributed by atoms with E-state index in [-0.39, 0.29) is 10.7 Å². The van der Waals surface area contributed by atoms with E-state index in [1.807, 2.05) is 24.3 Å². The number of aromatic nitrogens is 2. The van der Waals surface area contributed by atoms with Crippen LogP contribution in [0.5, 0.6) is 0 Å². The largest absolute Gasteiger partial charge is 0.288 e. The summed E-state index contributed by atoms with van der Waals surface area (Å²) in [7, 11) is 0. The normalized spacial score (nSPS) is 11.0. The molecule has 1 heterocycles. The SMILES string of the molecule is O=[N+]([O-])c1cc(C=NNc2nncc3ccccc23)ccc1Cl. The Bertz CT molecular complexity index is 908. The molecule has 0 aliphatic heterocycles. The highest BCUT2D eigenvalue weighted by atomic mass is 35.5. The van der Waals surface area contributed by atoms with Crippen LogP contribution in [0.4, 0.5) is 11.5 Å². The summed E-state index contributed by atoms with van der Waals surface area (Å²) in [6.45, 7) is 0. The molecule has 0 unspecified atom stereocenters. The van der Waals surface area contributed by atoms with E-state index in [0.717, 1.165) is 10.8 Å². The van der Waals surface area contributed by atoms with Crippen molar-refractivity contribution in [1.82, 2.24) is 10.2 Å². The van der Waals surface area contributed by atoms with Crippen LogP contribution in [-0.4, -0.2) is 21.3 Å². The molecular formula is C15H10ClN5O2. The maximum absolute atomic E-state index is 10.9. The van der Waals surface area contributed by atoms with Crippen LogP contribution in [0, 0.1) is 10.1 Å². The molecule has 0 spiro atoms. The fourth-order valence-corrected chi connectivity index (χ4v) is 2.21. The lowest BCUT2D eigenvalue weighted by molar-refractivity contribution is -0.384. The molecule has 114 valence electrons. The Morgan fingerprint density at radius 2 is 2.09 bits per heavy atom. The molecule has 3 rings (SSSR count). The molecule has 0 radical (unpaired) electrons. The Balaban J connectivity index is 1.84. The Labute approximate surface area is 135 Å². The van der Waals surface area contributed by atoms with Gasteiger partial charge in [-0.25, -0.2) is 0 Å².